The summed E-state index contributed by atoms with van der Waals surface area (Å²) in [6.45, 7) is 28.5. The van der Waals surface area contributed by atoms with Gasteiger partial charge in [-0.15, -0.1) is 0 Å². The normalized spacial score (nSPS) is 43.2. The number of aliphatic carboxylic acids is 1. The Hall–Kier alpha value is -1.77. The Morgan fingerprint density at radius 2 is 1.71 bits per heavy atom. The molecule has 0 spiro atoms. The van der Waals surface area contributed by atoms with E-state index in [1.54, 1.807) is 0 Å². The Labute approximate surface area is 290 Å². The molecule has 0 amide bonds. The number of ether oxygens (including phenoxy) is 3. The van der Waals surface area contributed by atoms with Gasteiger partial charge in [0.1, 0.15) is 12.2 Å². The van der Waals surface area contributed by atoms with Gasteiger partial charge in [0.15, 0.2) is 5.78 Å². The van der Waals surface area contributed by atoms with Crippen molar-refractivity contribution in [3.05, 3.63) is 11.6 Å². The van der Waals surface area contributed by atoms with Crippen LogP contribution in [0.25, 0.3) is 0 Å². The van der Waals surface area contributed by atoms with Crippen LogP contribution in [0.2, 0.25) is 0 Å². The second-order valence-electron chi connectivity index (χ2n) is 18.3. The van der Waals surface area contributed by atoms with Gasteiger partial charge in [0.2, 0.25) is 0 Å². The third-order valence-corrected chi connectivity index (χ3v) is 15.5. The van der Waals surface area contributed by atoms with Crippen molar-refractivity contribution in [2.75, 3.05) is 32.9 Å². The molecule has 1 N–H and O–H groups in total. The maximum Gasteiger partial charge on any atom is 0.308 e. The van der Waals surface area contributed by atoms with Crippen LogP contribution in [0.1, 0.15) is 115 Å². The fourth-order valence-corrected chi connectivity index (χ4v) is 12.4. The van der Waals surface area contributed by atoms with E-state index in [9.17, 15) is 19.5 Å². The molecule has 1 aliphatic heterocycles. The number of hydrogen-bond donors (Lipinski definition) is 1. The first-order valence-corrected chi connectivity index (χ1v) is 18.8. The summed E-state index contributed by atoms with van der Waals surface area (Å²) in [7, 11) is 0. The van der Waals surface area contributed by atoms with Crippen molar-refractivity contribution in [1.82, 2.24) is 4.90 Å². The van der Waals surface area contributed by atoms with Crippen LogP contribution in [-0.2, 0) is 28.6 Å². The van der Waals surface area contributed by atoms with Gasteiger partial charge in [-0.05, 0) is 99.6 Å². The lowest BCUT2D eigenvalue weighted by atomic mass is 9.34. The molecule has 0 radical (unpaired) electrons. The molecule has 4 aliphatic carbocycles. The molecule has 8 nitrogen and oxygen atoms in total. The lowest BCUT2D eigenvalue weighted by molar-refractivity contribution is -0.269. The van der Waals surface area contributed by atoms with Crippen molar-refractivity contribution >= 4 is 17.7 Å². The standard InChI is InChI=1S/C40H65NO7/c1-13-41(14-2)35(7,8)21-47-33-29(48-26(6)42)20-40-23-46-22-37(33,10)30(40)16-15-27-28(40)19-31(43)39(12)32(34(44)45)36(9,25(5)24(3)4)17-18-38(27,39)11/h19,24-25,27,29-30,32-33H,13-18,20-23H2,1-12H3,(H,44,45)/t25-,27?,29-,30?,32-,33+,36-,37-,38-,39+,40-/m1/s1. The van der Waals surface area contributed by atoms with Crippen LogP contribution in [0, 0.1) is 56.7 Å². The highest BCUT2D eigenvalue weighted by atomic mass is 16.6. The Bertz CT molecular complexity index is 1320. The molecule has 8 heteroatoms. The van der Waals surface area contributed by atoms with Gasteiger partial charge >= 0.3 is 11.9 Å². The summed E-state index contributed by atoms with van der Waals surface area (Å²) in [5, 5.41) is 11.0. The number of ketones is 1. The van der Waals surface area contributed by atoms with Gasteiger partial charge in [-0.3, -0.25) is 19.3 Å². The number of carbonyl (C=O) groups excluding carboxylic acids is 2. The van der Waals surface area contributed by atoms with E-state index in [-0.39, 0.29) is 41.1 Å². The summed E-state index contributed by atoms with van der Waals surface area (Å²) in [4.78, 5) is 43.3. The smallest absolute Gasteiger partial charge is 0.308 e. The third kappa shape index (κ3) is 5.19. The lowest BCUT2D eigenvalue weighted by Gasteiger charge is -2.70. The third-order valence-electron chi connectivity index (χ3n) is 15.5. The summed E-state index contributed by atoms with van der Waals surface area (Å²) in [5.74, 6) is -1.37. The van der Waals surface area contributed by atoms with Crippen molar-refractivity contribution in [1.29, 1.82) is 0 Å². The number of carboxylic acids is 1. The summed E-state index contributed by atoms with van der Waals surface area (Å²) in [5.41, 5.74) is -2.10. The molecule has 0 aromatic heterocycles. The molecule has 3 saturated carbocycles. The maximum atomic E-state index is 14.9. The SMILES string of the molecule is CCN(CC)C(C)(C)CO[C@H]1[C@H](OC(C)=O)C[C@]23COC[C@]1(C)C2CCC1C3=CC(=O)[C@@]2(C)[C@H](C(=O)O)[C@@](C)([C@H](C)C(C)C)CC[C@]12C. The highest BCUT2D eigenvalue weighted by Crippen LogP contribution is 2.74. The predicted molar refractivity (Wildman–Crippen MR) is 186 cm³/mol. The summed E-state index contributed by atoms with van der Waals surface area (Å²) < 4.78 is 19.7. The fourth-order valence-electron chi connectivity index (χ4n) is 12.4. The van der Waals surface area contributed by atoms with Gasteiger partial charge in [0, 0.05) is 28.7 Å². The van der Waals surface area contributed by atoms with Crippen molar-refractivity contribution in [2.24, 2.45) is 56.7 Å². The molecule has 1 saturated heterocycles. The molecule has 5 aliphatic rings. The first kappa shape index (κ1) is 37.5. The second kappa shape index (κ2) is 12.5. The van der Waals surface area contributed by atoms with E-state index in [1.807, 2.05) is 13.0 Å². The average Bonchev–Trinajstić information content (AvgIpc) is 2.98. The van der Waals surface area contributed by atoms with E-state index >= 15 is 0 Å². The minimum atomic E-state index is -1.04. The molecular weight excluding hydrogens is 606 g/mol. The van der Waals surface area contributed by atoms with E-state index < -0.39 is 45.1 Å². The minimum Gasteiger partial charge on any atom is -0.481 e. The number of fused-ring (bicyclic) bond motifs is 3. The fraction of sp³-hybridized carbons (Fsp3) is 0.875. The van der Waals surface area contributed by atoms with Crippen molar-refractivity contribution in [2.45, 2.75) is 133 Å². The molecule has 48 heavy (non-hydrogen) atoms. The summed E-state index contributed by atoms with van der Waals surface area (Å²) in [6.07, 6.45) is 4.97. The van der Waals surface area contributed by atoms with Crippen LogP contribution >= 0.6 is 0 Å². The Morgan fingerprint density at radius 1 is 1.06 bits per heavy atom. The van der Waals surface area contributed by atoms with Gasteiger partial charge in [-0.25, -0.2) is 0 Å². The Kier molecular flexibility index (Phi) is 9.74. The molecule has 0 aromatic rings. The zero-order valence-corrected chi connectivity index (χ0v) is 32.0. The van der Waals surface area contributed by atoms with Gasteiger partial charge < -0.3 is 19.3 Å². The van der Waals surface area contributed by atoms with Gasteiger partial charge in [-0.1, -0.05) is 67.9 Å². The molecule has 1 heterocycles. The number of esters is 1. The Balaban J connectivity index is 1.60. The molecule has 4 fully saturated rings. The number of carbonyl (C=O) groups is 3. The van der Waals surface area contributed by atoms with Crippen molar-refractivity contribution in [3.8, 4) is 0 Å². The largest absolute Gasteiger partial charge is 0.481 e. The number of carboxylic acid groups (broad SMARTS) is 1. The Morgan fingerprint density at radius 3 is 2.27 bits per heavy atom. The topological polar surface area (TPSA) is 102 Å². The molecule has 5 rings (SSSR count). The van der Waals surface area contributed by atoms with Crippen molar-refractivity contribution in [3.63, 3.8) is 0 Å². The first-order valence-electron chi connectivity index (χ1n) is 18.8. The van der Waals surface area contributed by atoms with E-state index in [2.05, 4.69) is 74.1 Å². The quantitative estimate of drug-likeness (QED) is 0.244. The molecule has 2 unspecified atom stereocenters. The van der Waals surface area contributed by atoms with Crippen LogP contribution < -0.4 is 0 Å². The second-order valence-corrected chi connectivity index (χ2v) is 18.3. The lowest BCUT2D eigenvalue weighted by Crippen LogP contribution is -2.71. The van der Waals surface area contributed by atoms with Crippen LogP contribution in [0.15, 0.2) is 11.6 Å². The van der Waals surface area contributed by atoms with E-state index in [4.69, 9.17) is 14.2 Å². The highest BCUT2D eigenvalue weighted by molar-refractivity contribution is 6.00. The zero-order valence-electron chi connectivity index (χ0n) is 32.0. The first-order chi connectivity index (χ1) is 22.2. The van der Waals surface area contributed by atoms with Crippen LogP contribution in [0.3, 0.4) is 0 Å². The molecule has 11 atom stereocenters. The van der Waals surface area contributed by atoms with Crippen LogP contribution in [-0.4, -0.2) is 78.4 Å². The number of allylic oxidation sites excluding steroid dienone is 1. The summed E-state index contributed by atoms with van der Waals surface area (Å²) >= 11 is 0. The van der Waals surface area contributed by atoms with E-state index in [0.717, 1.165) is 44.3 Å². The highest BCUT2D eigenvalue weighted by Gasteiger charge is 2.74. The van der Waals surface area contributed by atoms with Gasteiger partial charge in [0.25, 0.3) is 0 Å². The molecular formula is C40H65NO7. The zero-order chi connectivity index (χ0) is 35.8. The van der Waals surface area contributed by atoms with E-state index in [0.29, 0.717) is 32.2 Å². The minimum absolute atomic E-state index is 0.0419. The van der Waals surface area contributed by atoms with Crippen molar-refractivity contribution < 1.29 is 33.7 Å². The molecule has 272 valence electrons. The number of nitrogens with zero attached hydrogens (tertiary/aromatic N) is 1. The maximum absolute atomic E-state index is 14.9. The van der Waals surface area contributed by atoms with Crippen LogP contribution in [0.4, 0.5) is 0 Å². The summed E-state index contributed by atoms with van der Waals surface area (Å²) in [6, 6.07) is 0. The number of rotatable bonds is 10. The molecule has 0 aromatic carbocycles. The van der Waals surface area contributed by atoms with E-state index in [1.165, 1.54) is 6.92 Å². The molecule has 2 bridgehead atoms. The van der Waals surface area contributed by atoms with Gasteiger partial charge in [-0.2, -0.15) is 0 Å². The number of hydrogen-bond acceptors (Lipinski definition) is 7. The monoisotopic (exact) mass is 671 g/mol. The predicted octanol–water partition coefficient (Wildman–Crippen LogP) is 7.19. The van der Waals surface area contributed by atoms with Crippen LogP contribution in [0.5, 0.6) is 0 Å². The average molecular weight is 672 g/mol. The number of likely N-dealkylation sites (N-methyl/N-ethyl adjacent to an activating group) is 1. The van der Waals surface area contributed by atoms with Gasteiger partial charge in [0.05, 0.1) is 25.7 Å².